The molecule has 5 heteroatoms. The Morgan fingerprint density at radius 2 is 2.00 bits per heavy atom. The van der Waals surface area contributed by atoms with Crippen molar-refractivity contribution in [3.05, 3.63) is 23.8 Å². The molecule has 0 unspecified atom stereocenters. The molecule has 1 fully saturated rings. The molecule has 0 atom stereocenters. The Morgan fingerprint density at radius 3 is 2.60 bits per heavy atom. The first-order valence-electron chi connectivity index (χ1n) is 7.15. The van der Waals surface area contributed by atoms with E-state index in [4.69, 9.17) is 4.74 Å². The van der Waals surface area contributed by atoms with E-state index in [1.165, 1.54) is 6.42 Å². The van der Waals surface area contributed by atoms with Crippen LogP contribution in [0, 0.1) is 6.92 Å². The van der Waals surface area contributed by atoms with Gasteiger partial charge in [0, 0.05) is 26.4 Å². The van der Waals surface area contributed by atoms with E-state index in [-0.39, 0.29) is 0 Å². The Balaban J connectivity index is 0.000000704. The van der Waals surface area contributed by atoms with Gasteiger partial charge in [0.25, 0.3) is 0 Å². The fraction of sp³-hybridized carbons (Fsp3) is 0.533. The van der Waals surface area contributed by atoms with Gasteiger partial charge in [0.05, 0.1) is 23.2 Å². The van der Waals surface area contributed by atoms with Crippen LogP contribution in [-0.4, -0.2) is 35.2 Å². The van der Waals surface area contributed by atoms with Gasteiger partial charge in [0.15, 0.2) is 0 Å². The lowest BCUT2D eigenvalue weighted by Crippen LogP contribution is -2.38. The van der Waals surface area contributed by atoms with Crippen LogP contribution in [0.3, 0.4) is 0 Å². The lowest BCUT2D eigenvalue weighted by Gasteiger charge is -2.33. The summed E-state index contributed by atoms with van der Waals surface area (Å²) in [5.41, 5.74) is 1.86. The second-order valence-electron chi connectivity index (χ2n) is 4.52. The van der Waals surface area contributed by atoms with Crippen LogP contribution in [0.2, 0.25) is 0 Å². The van der Waals surface area contributed by atoms with E-state index in [1.54, 1.807) is 13.3 Å². The van der Waals surface area contributed by atoms with Crippen molar-refractivity contribution in [3.63, 3.8) is 0 Å². The van der Waals surface area contributed by atoms with Crippen molar-refractivity contribution in [2.45, 2.75) is 33.8 Å². The molecule has 0 bridgehead atoms. The zero-order valence-corrected chi connectivity index (χ0v) is 12.7. The number of aryl methyl sites for hydroxylation is 1. The third kappa shape index (κ3) is 2.72. The Morgan fingerprint density at radius 1 is 1.25 bits per heavy atom. The van der Waals surface area contributed by atoms with Crippen molar-refractivity contribution in [2.24, 2.45) is 0 Å². The standard InChI is InChI=1S/C13H16N4O.C2H6/c1-9-15-10-4-5-14-11(8-18-2)12(10)13(16-9)17-6-3-7-17;1-2/h4-5H,3,6-8H2,1-2H3;1-2H3. The van der Waals surface area contributed by atoms with Crippen LogP contribution in [0.25, 0.3) is 10.9 Å². The van der Waals surface area contributed by atoms with Crippen LogP contribution in [0.1, 0.15) is 31.8 Å². The van der Waals surface area contributed by atoms with E-state index in [9.17, 15) is 0 Å². The Hall–Kier alpha value is -1.75. The topological polar surface area (TPSA) is 51.1 Å². The molecule has 0 aliphatic carbocycles. The van der Waals surface area contributed by atoms with Crippen LogP contribution >= 0.6 is 0 Å². The number of hydrogen-bond acceptors (Lipinski definition) is 5. The van der Waals surface area contributed by atoms with Crippen molar-refractivity contribution >= 4 is 16.7 Å². The van der Waals surface area contributed by atoms with Gasteiger partial charge in [0.1, 0.15) is 11.6 Å². The molecule has 0 aromatic carbocycles. The van der Waals surface area contributed by atoms with Gasteiger partial charge < -0.3 is 9.64 Å². The third-order valence-electron chi connectivity index (χ3n) is 3.22. The van der Waals surface area contributed by atoms with Crippen molar-refractivity contribution < 1.29 is 4.74 Å². The molecule has 0 radical (unpaired) electrons. The van der Waals surface area contributed by atoms with E-state index >= 15 is 0 Å². The molecule has 2 aromatic rings. The summed E-state index contributed by atoms with van der Waals surface area (Å²) in [7, 11) is 1.68. The quantitative estimate of drug-likeness (QED) is 0.861. The number of methoxy groups -OCH3 is 1. The zero-order valence-electron chi connectivity index (χ0n) is 12.7. The summed E-state index contributed by atoms with van der Waals surface area (Å²) in [5.74, 6) is 1.81. The zero-order chi connectivity index (χ0) is 14.5. The van der Waals surface area contributed by atoms with Gasteiger partial charge in [-0.1, -0.05) is 13.8 Å². The van der Waals surface area contributed by atoms with Gasteiger partial charge >= 0.3 is 0 Å². The highest BCUT2D eigenvalue weighted by atomic mass is 16.5. The summed E-state index contributed by atoms with van der Waals surface area (Å²) in [6.07, 6.45) is 3.01. The molecule has 108 valence electrons. The van der Waals surface area contributed by atoms with Crippen LogP contribution < -0.4 is 4.90 Å². The predicted molar refractivity (Wildman–Crippen MR) is 81.0 cm³/mol. The van der Waals surface area contributed by atoms with Gasteiger partial charge in [-0.3, -0.25) is 4.98 Å². The Bertz CT molecular complexity index is 581. The first kappa shape index (κ1) is 14.7. The lowest BCUT2D eigenvalue weighted by atomic mass is 10.1. The normalized spacial score (nSPS) is 13.7. The fourth-order valence-corrected chi connectivity index (χ4v) is 2.24. The summed E-state index contributed by atoms with van der Waals surface area (Å²) >= 11 is 0. The molecule has 2 aromatic heterocycles. The maximum Gasteiger partial charge on any atom is 0.142 e. The molecule has 0 amide bonds. The van der Waals surface area contributed by atoms with Crippen LogP contribution in [-0.2, 0) is 11.3 Å². The maximum absolute atomic E-state index is 5.22. The monoisotopic (exact) mass is 274 g/mol. The van der Waals surface area contributed by atoms with E-state index in [0.717, 1.165) is 41.3 Å². The van der Waals surface area contributed by atoms with E-state index in [1.807, 2.05) is 26.8 Å². The Kier molecular flexibility index (Phi) is 4.84. The number of nitrogens with zero attached hydrogens (tertiary/aromatic N) is 4. The number of aromatic nitrogens is 3. The van der Waals surface area contributed by atoms with E-state index in [2.05, 4.69) is 19.9 Å². The van der Waals surface area contributed by atoms with E-state index in [0.29, 0.717) is 6.61 Å². The second kappa shape index (κ2) is 6.61. The minimum atomic E-state index is 0.491. The number of rotatable bonds is 3. The first-order valence-corrected chi connectivity index (χ1v) is 7.15. The van der Waals surface area contributed by atoms with Crippen LogP contribution in [0.5, 0.6) is 0 Å². The highest BCUT2D eigenvalue weighted by molar-refractivity contribution is 5.91. The molecule has 0 N–H and O–H groups in total. The average Bonchev–Trinajstić information content (AvgIpc) is 2.39. The second-order valence-corrected chi connectivity index (χ2v) is 4.52. The molecular formula is C15H22N4O. The van der Waals surface area contributed by atoms with Gasteiger partial charge in [-0.15, -0.1) is 0 Å². The SMILES string of the molecule is CC.COCc1nccc2nc(C)nc(N3CCC3)c12. The number of hydrogen-bond donors (Lipinski definition) is 0. The summed E-state index contributed by atoms with van der Waals surface area (Å²) in [4.78, 5) is 15.7. The van der Waals surface area contributed by atoms with Gasteiger partial charge in [0.2, 0.25) is 0 Å². The largest absolute Gasteiger partial charge is 0.378 e. The molecule has 0 spiro atoms. The highest BCUT2D eigenvalue weighted by Crippen LogP contribution is 2.29. The first-order chi connectivity index (χ1) is 9.79. The third-order valence-corrected chi connectivity index (χ3v) is 3.22. The van der Waals surface area contributed by atoms with Crippen molar-refractivity contribution in [1.82, 2.24) is 15.0 Å². The lowest BCUT2D eigenvalue weighted by molar-refractivity contribution is 0.182. The van der Waals surface area contributed by atoms with E-state index < -0.39 is 0 Å². The van der Waals surface area contributed by atoms with Crippen LogP contribution in [0.4, 0.5) is 5.82 Å². The molecule has 1 saturated heterocycles. The smallest absolute Gasteiger partial charge is 0.142 e. The molecular weight excluding hydrogens is 252 g/mol. The molecule has 1 aliphatic rings. The number of ether oxygens (including phenoxy) is 1. The molecule has 1 aliphatic heterocycles. The molecule has 5 nitrogen and oxygen atoms in total. The van der Waals surface area contributed by atoms with Crippen molar-refractivity contribution in [3.8, 4) is 0 Å². The van der Waals surface area contributed by atoms with Gasteiger partial charge in [-0.25, -0.2) is 9.97 Å². The molecule has 0 saturated carbocycles. The summed E-state index contributed by atoms with van der Waals surface area (Å²) < 4.78 is 5.22. The minimum Gasteiger partial charge on any atom is -0.378 e. The minimum absolute atomic E-state index is 0.491. The predicted octanol–water partition coefficient (Wildman–Crippen LogP) is 2.72. The molecule has 20 heavy (non-hydrogen) atoms. The van der Waals surface area contributed by atoms with Crippen LogP contribution in [0.15, 0.2) is 12.3 Å². The summed E-state index contributed by atoms with van der Waals surface area (Å²) in [5, 5.41) is 1.03. The molecule has 3 heterocycles. The Labute approximate surface area is 120 Å². The maximum atomic E-state index is 5.22. The highest BCUT2D eigenvalue weighted by Gasteiger charge is 2.21. The van der Waals surface area contributed by atoms with Crippen molar-refractivity contribution in [2.75, 3.05) is 25.1 Å². The summed E-state index contributed by atoms with van der Waals surface area (Å²) in [6.45, 7) is 8.55. The number of anilines is 1. The summed E-state index contributed by atoms with van der Waals surface area (Å²) in [6, 6.07) is 1.94. The number of pyridine rings is 1. The van der Waals surface area contributed by atoms with Gasteiger partial charge in [-0.05, 0) is 19.4 Å². The molecule has 3 rings (SSSR count). The van der Waals surface area contributed by atoms with Gasteiger partial charge in [-0.2, -0.15) is 0 Å². The average molecular weight is 274 g/mol. The fourth-order valence-electron chi connectivity index (χ4n) is 2.24. The van der Waals surface area contributed by atoms with Crippen molar-refractivity contribution in [1.29, 1.82) is 0 Å². The number of fused-ring (bicyclic) bond motifs is 1.